The number of rotatable bonds is 6. The van der Waals surface area contributed by atoms with Crippen LogP contribution in [0.4, 0.5) is 5.82 Å². The molecule has 1 aliphatic heterocycles. The molecule has 10 nitrogen and oxygen atoms in total. The summed E-state index contributed by atoms with van der Waals surface area (Å²) in [4.78, 5) is 14.1. The third-order valence-corrected chi connectivity index (χ3v) is 4.41. The number of nitrogens with zero attached hydrogens (tertiary/aromatic N) is 5. The molecule has 0 saturated carbocycles. The number of aliphatic hydroxyl groups is 2. The molecule has 1 aliphatic rings. The summed E-state index contributed by atoms with van der Waals surface area (Å²) in [6.07, 6.45) is 1.55. The van der Waals surface area contributed by atoms with E-state index in [-0.39, 0.29) is 11.1 Å². The van der Waals surface area contributed by atoms with Crippen molar-refractivity contribution in [1.29, 1.82) is 0 Å². The van der Waals surface area contributed by atoms with Crippen LogP contribution in [0, 0.1) is 0 Å². The fourth-order valence-corrected chi connectivity index (χ4v) is 3.11. The monoisotopic (exact) mass is 383 g/mol. The van der Waals surface area contributed by atoms with Crippen molar-refractivity contribution in [3.63, 3.8) is 0 Å². The van der Waals surface area contributed by atoms with E-state index in [0.29, 0.717) is 30.8 Å². The minimum atomic E-state index is -1.15. The molecule has 6 N–H and O–H groups in total. The predicted molar refractivity (Wildman–Crippen MR) is 96.4 cm³/mol. The van der Waals surface area contributed by atoms with Crippen LogP contribution in [0.1, 0.15) is 6.23 Å². The van der Waals surface area contributed by atoms with Gasteiger partial charge in [0.05, 0.1) is 6.33 Å². The first kappa shape index (κ1) is 19.0. The summed E-state index contributed by atoms with van der Waals surface area (Å²) in [5.41, 5.74) is 11.9. The van der Waals surface area contributed by atoms with E-state index in [1.807, 2.05) is 24.1 Å². The standard InChI is InChI=1S/C15H22ClN7O3/c1-22(5-3-2-4-17)6-8-10(24)11(25)14(26-8)23-7-19-9-12(18)20-15(16)21-13(9)23/h2-3,7-8,10-11,14,24-25H,4-6,17H2,1H3,(H2,18,20,21)/t8-,10-,11-,14-/m1/s1. The molecule has 2 aromatic heterocycles. The number of aliphatic hydroxyl groups excluding tert-OH is 2. The first-order valence-electron chi connectivity index (χ1n) is 8.13. The van der Waals surface area contributed by atoms with E-state index in [1.54, 1.807) is 0 Å². The number of aromatic nitrogens is 4. The Hall–Kier alpha value is -1.82. The SMILES string of the molecule is CN(CC=CCN)C[C@H]1O[C@@H](n2cnc3c(N)nc(Cl)nc32)[C@H](O)[C@@H]1O. The van der Waals surface area contributed by atoms with Crippen LogP contribution in [0.2, 0.25) is 5.28 Å². The largest absolute Gasteiger partial charge is 0.387 e. The summed E-state index contributed by atoms with van der Waals surface area (Å²) in [5, 5.41) is 20.8. The maximum atomic E-state index is 10.4. The average molecular weight is 384 g/mol. The van der Waals surface area contributed by atoms with E-state index in [0.717, 1.165) is 0 Å². The van der Waals surface area contributed by atoms with E-state index in [2.05, 4.69) is 15.0 Å². The first-order chi connectivity index (χ1) is 12.4. The quantitative estimate of drug-likeness (QED) is 0.368. The number of fused-ring (bicyclic) bond motifs is 1. The minimum absolute atomic E-state index is 0.0345. The van der Waals surface area contributed by atoms with Crippen LogP contribution in [-0.2, 0) is 4.74 Å². The van der Waals surface area contributed by atoms with Crippen LogP contribution in [0.3, 0.4) is 0 Å². The number of hydrogen-bond donors (Lipinski definition) is 4. The molecule has 142 valence electrons. The molecule has 1 fully saturated rings. The maximum Gasteiger partial charge on any atom is 0.226 e. The Kier molecular flexibility index (Phi) is 5.70. The van der Waals surface area contributed by atoms with Gasteiger partial charge >= 0.3 is 0 Å². The van der Waals surface area contributed by atoms with Gasteiger partial charge in [-0.05, 0) is 18.6 Å². The molecule has 26 heavy (non-hydrogen) atoms. The zero-order chi connectivity index (χ0) is 18.8. The van der Waals surface area contributed by atoms with E-state index in [9.17, 15) is 10.2 Å². The van der Waals surface area contributed by atoms with E-state index < -0.39 is 24.5 Å². The van der Waals surface area contributed by atoms with Gasteiger partial charge < -0.3 is 31.3 Å². The van der Waals surface area contributed by atoms with E-state index in [4.69, 9.17) is 27.8 Å². The summed E-state index contributed by atoms with van der Waals surface area (Å²) >= 11 is 5.86. The van der Waals surface area contributed by atoms with Crippen LogP contribution in [-0.4, -0.2) is 79.6 Å². The molecular weight excluding hydrogens is 362 g/mol. The number of ether oxygens (including phenoxy) is 1. The molecule has 3 heterocycles. The predicted octanol–water partition coefficient (Wildman–Crippen LogP) is -0.872. The zero-order valence-electron chi connectivity index (χ0n) is 14.2. The van der Waals surface area contributed by atoms with Gasteiger partial charge in [-0.25, -0.2) is 4.98 Å². The Morgan fingerprint density at radius 1 is 1.35 bits per heavy atom. The van der Waals surface area contributed by atoms with E-state index in [1.165, 1.54) is 10.9 Å². The number of hydrogen-bond acceptors (Lipinski definition) is 9. The van der Waals surface area contributed by atoms with Gasteiger partial charge in [-0.2, -0.15) is 9.97 Å². The summed E-state index contributed by atoms with van der Waals surface area (Å²) in [5.74, 6) is 0.134. The molecule has 0 aromatic carbocycles. The molecule has 0 bridgehead atoms. The summed E-state index contributed by atoms with van der Waals surface area (Å²) in [6.45, 7) is 1.55. The number of imidazole rings is 1. The molecule has 11 heteroatoms. The van der Waals surface area contributed by atoms with Gasteiger partial charge in [0.2, 0.25) is 5.28 Å². The average Bonchev–Trinajstić information content (AvgIpc) is 3.11. The Bertz CT molecular complexity index is 799. The Morgan fingerprint density at radius 2 is 2.12 bits per heavy atom. The zero-order valence-corrected chi connectivity index (χ0v) is 15.0. The van der Waals surface area contributed by atoms with Crippen LogP contribution < -0.4 is 11.5 Å². The van der Waals surface area contributed by atoms with Gasteiger partial charge in [0.1, 0.15) is 23.8 Å². The number of nitrogens with two attached hydrogens (primary N) is 2. The molecule has 0 unspecified atom stereocenters. The molecule has 0 radical (unpaired) electrons. The number of anilines is 1. The van der Waals surface area contributed by atoms with Crippen LogP contribution in [0.15, 0.2) is 18.5 Å². The van der Waals surface area contributed by atoms with Crippen LogP contribution in [0.5, 0.6) is 0 Å². The topological polar surface area (TPSA) is 149 Å². The van der Waals surface area contributed by atoms with Crippen molar-refractivity contribution in [2.75, 3.05) is 32.4 Å². The highest BCUT2D eigenvalue weighted by atomic mass is 35.5. The van der Waals surface area contributed by atoms with Crippen molar-refractivity contribution < 1.29 is 14.9 Å². The highest BCUT2D eigenvalue weighted by molar-refractivity contribution is 6.28. The van der Waals surface area contributed by atoms with Gasteiger partial charge in [-0.1, -0.05) is 12.2 Å². The molecule has 0 aliphatic carbocycles. The highest BCUT2D eigenvalue weighted by Crippen LogP contribution is 2.32. The molecule has 2 aromatic rings. The van der Waals surface area contributed by atoms with Crippen LogP contribution in [0.25, 0.3) is 11.2 Å². The lowest BCUT2D eigenvalue weighted by atomic mass is 10.1. The second kappa shape index (κ2) is 7.82. The van der Waals surface area contributed by atoms with Crippen molar-refractivity contribution in [1.82, 2.24) is 24.4 Å². The van der Waals surface area contributed by atoms with Crippen molar-refractivity contribution in [3.8, 4) is 0 Å². The Labute approximate surface area is 155 Å². The van der Waals surface area contributed by atoms with Crippen molar-refractivity contribution >= 4 is 28.6 Å². The van der Waals surface area contributed by atoms with Gasteiger partial charge in [-0.3, -0.25) is 4.57 Å². The van der Waals surface area contributed by atoms with Gasteiger partial charge in [0.15, 0.2) is 17.7 Å². The molecular formula is C15H22ClN7O3. The molecule has 4 atom stereocenters. The van der Waals surface area contributed by atoms with Crippen LogP contribution >= 0.6 is 11.6 Å². The minimum Gasteiger partial charge on any atom is -0.387 e. The van der Waals surface area contributed by atoms with Crippen molar-refractivity contribution in [2.24, 2.45) is 5.73 Å². The lowest BCUT2D eigenvalue weighted by molar-refractivity contribution is -0.0414. The summed E-state index contributed by atoms with van der Waals surface area (Å²) < 4.78 is 7.38. The van der Waals surface area contributed by atoms with E-state index >= 15 is 0 Å². The number of nitrogen functional groups attached to an aromatic ring is 1. The number of halogens is 1. The Balaban J connectivity index is 1.79. The lowest BCUT2D eigenvalue weighted by Gasteiger charge is -2.21. The van der Waals surface area contributed by atoms with Gasteiger partial charge in [0, 0.05) is 19.6 Å². The first-order valence-corrected chi connectivity index (χ1v) is 8.51. The highest BCUT2D eigenvalue weighted by Gasteiger charge is 2.44. The third-order valence-electron chi connectivity index (χ3n) is 4.24. The molecule has 3 rings (SSSR count). The molecule has 0 amide bonds. The van der Waals surface area contributed by atoms with Gasteiger partial charge in [0.25, 0.3) is 0 Å². The second-order valence-corrected chi connectivity index (χ2v) is 6.51. The van der Waals surface area contributed by atoms with Gasteiger partial charge in [-0.15, -0.1) is 0 Å². The van der Waals surface area contributed by atoms with Crippen molar-refractivity contribution in [3.05, 3.63) is 23.8 Å². The smallest absolute Gasteiger partial charge is 0.226 e. The maximum absolute atomic E-state index is 10.4. The summed E-state index contributed by atoms with van der Waals surface area (Å²) in [6, 6.07) is 0. The Morgan fingerprint density at radius 3 is 2.85 bits per heavy atom. The fourth-order valence-electron chi connectivity index (χ4n) is 2.94. The van der Waals surface area contributed by atoms with Crippen molar-refractivity contribution in [2.45, 2.75) is 24.5 Å². The molecule has 0 spiro atoms. The second-order valence-electron chi connectivity index (χ2n) is 6.18. The fraction of sp³-hybridized carbons (Fsp3) is 0.533. The molecule has 1 saturated heterocycles. The summed E-state index contributed by atoms with van der Waals surface area (Å²) in [7, 11) is 1.89. The third kappa shape index (κ3) is 3.65. The number of likely N-dealkylation sites (N-methyl/N-ethyl adjacent to an activating group) is 1. The lowest BCUT2D eigenvalue weighted by Crippen LogP contribution is -2.38. The normalized spacial score (nSPS) is 26.5.